The number of rotatable bonds is 5. The van der Waals surface area contributed by atoms with Gasteiger partial charge in [-0.05, 0) is 29.8 Å². The van der Waals surface area contributed by atoms with Crippen LogP contribution in [0, 0.1) is 0 Å². The van der Waals surface area contributed by atoms with Crippen LogP contribution in [0.1, 0.15) is 15.9 Å². The zero-order valence-electron chi connectivity index (χ0n) is 12.3. The molecule has 0 bridgehead atoms. The Balaban J connectivity index is 1.63. The van der Waals surface area contributed by atoms with Gasteiger partial charge in [0.05, 0.1) is 6.21 Å². The van der Waals surface area contributed by atoms with Gasteiger partial charge in [-0.25, -0.2) is 9.99 Å². The molecule has 1 aromatic heterocycles. The molecule has 7 nitrogen and oxygen atoms in total. The zero-order chi connectivity index (χ0) is 16.1. The van der Waals surface area contributed by atoms with Crippen LogP contribution in [0.15, 0.2) is 47.8 Å². The number of aromatic nitrogens is 1. The molecule has 0 saturated heterocycles. The molecule has 118 valence electrons. The zero-order valence-corrected chi connectivity index (χ0v) is 12.3. The fraction of sp³-hybridized carbons (Fsp3) is 0.188. The van der Waals surface area contributed by atoms with Gasteiger partial charge in [-0.2, -0.15) is 5.10 Å². The summed E-state index contributed by atoms with van der Waals surface area (Å²) in [4.78, 5) is 12.0. The lowest BCUT2D eigenvalue weighted by Crippen LogP contribution is -2.36. The summed E-state index contributed by atoms with van der Waals surface area (Å²) in [5.41, 5.74) is 3.72. The van der Waals surface area contributed by atoms with Crippen LogP contribution >= 0.6 is 0 Å². The number of carbonyl (C=O) groups is 1. The molecule has 0 saturated carbocycles. The van der Waals surface area contributed by atoms with Gasteiger partial charge in [0.15, 0.2) is 30.4 Å². The van der Waals surface area contributed by atoms with E-state index in [0.717, 1.165) is 5.56 Å². The number of ether oxygens (including phenoxy) is 2. The number of fused-ring (bicyclic) bond motifs is 1. The SMILES string of the molecule is O=C(NN=Cc1ccc2c(c1)OCO2)c1ccc[n+](CCO)c1. The number of pyridine rings is 1. The average Bonchev–Trinajstić information content (AvgIpc) is 3.03. The summed E-state index contributed by atoms with van der Waals surface area (Å²) in [5, 5.41) is 12.9. The second-order valence-electron chi connectivity index (χ2n) is 4.87. The van der Waals surface area contributed by atoms with Crippen LogP contribution in [0.3, 0.4) is 0 Å². The number of carbonyl (C=O) groups excluding carboxylic acids is 1. The Labute approximate surface area is 132 Å². The summed E-state index contributed by atoms with van der Waals surface area (Å²) in [5.74, 6) is 1.03. The minimum Gasteiger partial charge on any atom is -0.454 e. The summed E-state index contributed by atoms with van der Waals surface area (Å²) >= 11 is 0. The molecule has 0 fully saturated rings. The summed E-state index contributed by atoms with van der Waals surface area (Å²) in [7, 11) is 0. The molecule has 0 atom stereocenters. The Morgan fingerprint density at radius 3 is 3.09 bits per heavy atom. The van der Waals surface area contributed by atoms with Crippen molar-refractivity contribution in [2.24, 2.45) is 5.10 Å². The largest absolute Gasteiger partial charge is 0.454 e. The first-order valence-corrected chi connectivity index (χ1v) is 7.09. The lowest BCUT2D eigenvalue weighted by atomic mass is 10.2. The molecule has 23 heavy (non-hydrogen) atoms. The second kappa shape index (κ2) is 6.89. The molecule has 7 heteroatoms. The van der Waals surface area contributed by atoms with Gasteiger partial charge >= 0.3 is 0 Å². The van der Waals surface area contributed by atoms with Gasteiger partial charge in [0.25, 0.3) is 5.91 Å². The van der Waals surface area contributed by atoms with E-state index in [1.165, 1.54) is 6.21 Å². The Hall–Kier alpha value is -2.93. The Morgan fingerprint density at radius 1 is 1.35 bits per heavy atom. The molecule has 0 aliphatic carbocycles. The molecule has 2 aromatic rings. The minimum atomic E-state index is -0.325. The van der Waals surface area contributed by atoms with E-state index >= 15 is 0 Å². The van der Waals surface area contributed by atoms with E-state index in [2.05, 4.69) is 10.5 Å². The highest BCUT2D eigenvalue weighted by Gasteiger charge is 2.13. The van der Waals surface area contributed by atoms with Gasteiger partial charge in [-0.1, -0.05) is 0 Å². The number of aliphatic hydroxyl groups is 1. The first kappa shape index (κ1) is 15.0. The maximum atomic E-state index is 12.0. The molecule has 1 amide bonds. The summed E-state index contributed by atoms with van der Waals surface area (Å²) in [6, 6.07) is 8.82. The third-order valence-corrected chi connectivity index (χ3v) is 3.25. The number of hydrogen-bond acceptors (Lipinski definition) is 5. The highest BCUT2D eigenvalue weighted by atomic mass is 16.7. The molecule has 0 radical (unpaired) electrons. The van der Waals surface area contributed by atoms with E-state index in [0.29, 0.717) is 23.6 Å². The highest BCUT2D eigenvalue weighted by Crippen LogP contribution is 2.31. The Kier molecular flexibility index (Phi) is 4.49. The normalized spacial score (nSPS) is 12.6. The van der Waals surface area contributed by atoms with Gasteiger partial charge in [-0.15, -0.1) is 0 Å². The fourth-order valence-electron chi connectivity index (χ4n) is 2.13. The van der Waals surface area contributed by atoms with E-state index in [9.17, 15) is 4.79 Å². The van der Waals surface area contributed by atoms with Crippen molar-refractivity contribution in [2.45, 2.75) is 6.54 Å². The molecule has 2 heterocycles. The minimum absolute atomic E-state index is 0.0119. The molecular weight excluding hydrogens is 298 g/mol. The van der Waals surface area contributed by atoms with E-state index in [1.54, 1.807) is 41.2 Å². The summed E-state index contributed by atoms with van der Waals surface area (Å²) < 4.78 is 12.2. The molecule has 1 aromatic carbocycles. The van der Waals surface area contributed by atoms with Crippen LogP contribution in [-0.2, 0) is 6.54 Å². The van der Waals surface area contributed by atoms with Crippen molar-refractivity contribution in [3.05, 3.63) is 53.9 Å². The standard InChI is InChI=1S/C16H15N3O4/c20-7-6-19-5-1-2-13(10-19)16(21)18-17-9-12-3-4-14-15(8-12)23-11-22-14/h1-5,8-10,20H,6-7,11H2/p+1. The van der Waals surface area contributed by atoms with Gasteiger partial charge < -0.3 is 14.6 Å². The average molecular weight is 314 g/mol. The van der Waals surface area contributed by atoms with E-state index in [4.69, 9.17) is 14.6 Å². The van der Waals surface area contributed by atoms with Gasteiger partial charge in [0.1, 0.15) is 12.2 Å². The quantitative estimate of drug-likeness (QED) is 0.477. The Bertz CT molecular complexity index is 746. The van der Waals surface area contributed by atoms with Crippen molar-refractivity contribution in [1.82, 2.24) is 5.43 Å². The first-order chi connectivity index (χ1) is 11.3. The van der Waals surface area contributed by atoms with Crippen molar-refractivity contribution in [1.29, 1.82) is 0 Å². The van der Waals surface area contributed by atoms with Crippen LogP contribution in [0.25, 0.3) is 0 Å². The van der Waals surface area contributed by atoms with Crippen LogP contribution in [0.4, 0.5) is 0 Å². The molecule has 0 unspecified atom stereocenters. The number of benzene rings is 1. The van der Waals surface area contributed by atoms with Gasteiger partial charge in [-0.3, -0.25) is 4.79 Å². The smallest absolute Gasteiger partial charge is 0.277 e. The third kappa shape index (κ3) is 3.64. The number of hydrogen-bond donors (Lipinski definition) is 2. The maximum absolute atomic E-state index is 12.0. The van der Waals surface area contributed by atoms with Gasteiger partial charge in [0.2, 0.25) is 6.79 Å². The fourth-order valence-corrected chi connectivity index (χ4v) is 2.13. The van der Waals surface area contributed by atoms with E-state index < -0.39 is 0 Å². The van der Waals surface area contributed by atoms with Crippen LogP contribution in [0.2, 0.25) is 0 Å². The second-order valence-corrected chi connectivity index (χ2v) is 4.87. The first-order valence-electron chi connectivity index (χ1n) is 7.09. The number of nitrogens with one attached hydrogen (secondary N) is 1. The Morgan fingerprint density at radius 2 is 2.22 bits per heavy atom. The summed E-state index contributed by atoms with van der Waals surface area (Å²) in [6.45, 7) is 0.661. The highest BCUT2D eigenvalue weighted by molar-refractivity contribution is 5.94. The predicted octanol–water partition coefficient (Wildman–Crippen LogP) is 0.459. The maximum Gasteiger partial charge on any atom is 0.277 e. The van der Waals surface area contributed by atoms with E-state index in [1.807, 2.05) is 6.07 Å². The molecule has 2 N–H and O–H groups in total. The molecular formula is C16H16N3O4+. The molecule has 3 rings (SSSR count). The number of nitrogens with zero attached hydrogens (tertiary/aromatic N) is 2. The van der Waals surface area contributed by atoms with Crippen molar-refractivity contribution >= 4 is 12.1 Å². The number of amides is 1. The van der Waals surface area contributed by atoms with Crippen molar-refractivity contribution in [2.75, 3.05) is 13.4 Å². The van der Waals surface area contributed by atoms with E-state index in [-0.39, 0.29) is 19.3 Å². The lowest BCUT2D eigenvalue weighted by Gasteiger charge is -2.00. The molecule has 1 aliphatic rings. The predicted molar refractivity (Wildman–Crippen MR) is 81.3 cm³/mol. The van der Waals surface area contributed by atoms with Crippen LogP contribution < -0.4 is 19.5 Å². The molecule has 0 spiro atoms. The van der Waals surface area contributed by atoms with Crippen LogP contribution in [-0.4, -0.2) is 30.6 Å². The van der Waals surface area contributed by atoms with Crippen LogP contribution in [0.5, 0.6) is 11.5 Å². The topological polar surface area (TPSA) is 84.0 Å². The number of aliphatic hydroxyl groups excluding tert-OH is 1. The summed E-state index contributed by atoms with van der Waals surface area (Å²) in [6.07, 6.45) is 4.97. The van der Waals surface area contributed by atoms with Crippen molar-refractivity contribution < 1.29 is 23.9 Å². The lowest BCUT2D eigenvalue weighted by molar-refractivity contribution is -0.698. The number of hydrazone groups is 1. The monoisotopic (exact) mass is 314 g/mol. The molecule has 1 aliphatic heterocycles. The van der Waals surface area contributed by atoms with Crippen molar-refractivity contribution in [3.63, 3.8) is 0 Å². The van der Waals surface area contributed by atoms with Crippen molar-refractivity contribution in [3.8, 4) is 11.5 Å². The third-order valence-electron chi connectivity index (χ3n) is 3.25. The van der Waals surface area contributed by atoms with Gasteiger partial charge in [0, 0.05) is 6.07 Å².